The molecule has 1 amide bonds. The quantitative estimate of drug-likeness (QED) is 0.153. The molecule has 1 aromatic carbocycles. The highest BCUT2D eigenvalue weighted by atomic mass is 16.5. The minimum absolute atomic E-state index is 0.0186. The molecule has 0 saturated carbocycles. The van der Waals surface area contributed by atoms with E-state index in [9.17, 15) is 19.8 Å². The summed E-state index contributed by atoms with van der Waals surface area (Å²) < 4.78 is 5.72. The van der Waals surface area contributed by atoms with E-state index in [0.29, 0.717) is 13.1 Å². The zero-order valence-corrected chi connectivity index (χ0v) is 17.8. The first kappa shape index (κ1) is 25.8. The second-order valence-electron chi connectivity index (χ2n) is 8.16. The number of carboxylic acids is 1. The van der Waals surface area contributed by atoms with Gasteiger partial charge in [-0.1, -0.05) is 6.07 Å². The van der Waals surface area contributed by atoms with Gasteiger partial charge in [-0.25, -0.2) is 4.79 Å². The van der Waals surface area contributed by atoms with E-state index < -0.39 is 55.1 Å². The van der Waals surface area contributed by atoms with Crippen LogP contribution < -0.4 is 15.8 Å². The van der Waals surface area contributed by atoms with E-state index >= 15 is 0 Å². The molecular formula is C19H30BN3O9. The van der Waals surface area contributed by atoms with Crippen LogP contribution in [0.3, 0.4) is 0 Å². The van der Waals surface area contributed by atoms with Crippen LogP contribution in [0.4, 0.5) is 0 Å². The highest BCUT2D eigenvalue weighted by Crippen LogP contribution is 2.34. The Morgan fingerprint density at radius 2 is 1.94 bits per heavy atom. The number of hydrogen-bond acceptors (Lipinski definition) is 10. The number of aryl methyl sites for hydroxylation is 1. The van der Waals surface area contributed by atoms with Gasteiger partial charge >= 0.3 is 13.1 Å². The second-order valence-corrected chi connectivity index (χ2v) is 8.16. The molecule has 0 aliphatic carbocycles. The Balaban J connectivity index is 1.97. The van der Waals surface area contributed by atoms with Crippen molar-refractivity contribution in [2.24, 2.45) is 5.73 Å². The molecule has 1 saturated heterocycles. The first-order chi connectivity index (χ1) is 15.0. The Hall–Kier alpha value is -2.42. The molecule has 1 aliphatic heterocycles. The van der Waals surface area contributed by atoms with Crippen LogP contribution in [0.15, 0.2) is 12.1 Å². The van der Waals surface area contributed by atoms with Gasteiger partial charge in [0.25, 0.3) is 0 Å². The van der Waals surface area contributed by atoms with Crippen LogP contribution in [-0.4, -0.2) is 105 Å². The number of ether oxygens (including phenoxy) is 1. The maximum atomic E-state index is 12.3. The molecule has 12 nitrogen and oxygen atoms in total. The van der Waals surface area contributed by atoms with E-state index in [-0.39, 0.29) is 36.7 Å². The minimum atomic E-state index is -1.58. The lowest BCUT2D eigenvalue weighted by Crippen LogP contribution is -2.65. The third-order valence-corrected chi connectivity index (χ3v) is 5.17. The summed E-state index contributed by atoms with van der Waals surface area (Å²) in [6.45, 7) is 1.57. The molecule has 178 valence electrons. The number of likely N-dealkylation sites (tertiary alicyclic amines) is 1. The molecule has 13 heteroatoms. The number of aromatic carboxylic acids is 1. The highest BCUT2D eigenvalue weighted by Gasteiger charge is 2.38. The first-order valence-corrected chi connectivity index (χ1v) is 10.1. The lowest BCUT2D eigenvalue weighted by Gasteiger charge is -2.42. The van der Waals surface area contributed by atoms with Crippen molar-refractivity contribution in [2.45, 2.75) is 37.3 Å². The minimum Gasteiger partial charge on any atom is -0.507 e. The number of rotatable bonds is 12. The summed E-state index contributed by atoms with van der Waals surface area (Å²) in [6, 6.07) is 2.08. The van der Waals surface area contributed by atoms with Crippen LogP contribution >= 0.6 is 0 Å². The number of hydrogen-bond donors (Lipinski definition) is 8. The van der Waals surface area contributed by atoms with Crippen molar-refractivity contribution in [3.63, 3.8) is 0 Å². The van der Waals surface area contributed by atoms with Crippen molar-refractivity contribution in [3.8, 4) is 11.5 Å². The number of nitrogens with zero attached hydrogens (tertiary/aromatic N) is 1. The zero-order valence-electron chi connectivity index (χ0n) is 17.8. The van der Waals surface area contributed by atoms with E-state index in [1.165, 1.54) is 19.1 Å². The Morgan fingerprint density at radius 3 is 2.47 bits per heavy atom. The molecule has 32 heavy (non-hydrogen) atoms. The average molecular weight is 455 g/mol. The first-order valence-electron chi connectivity index (χ1n) is 10.1. The van der Waals surface area contributed by atoms with Gasteiger partial charge < -0.3 is 46.3 Å². The van der Waals surface area contributed by atoms with Gasteiger partial charge in [0.2, 0.25) is 5.91 Å². The van der Waals surface area contributed by atoms with Crippen molar-refractivity contribution < 1.29 is 44.8 Å². The fourth-order valence-corrected chi connectivity index (χ4v) is 3.35. The summed E-state index contributed by atoms with van der Waals surface area (Å²) in [4.78, 5) is 25.8. The van der Waals surface area contributed by atoms with E-state index in [0.717, 1.165) is 0 Å². The molecule has 2 rings (SSSR count). The number of nitrogens with two attached hydrogens (primary N) is 1. The smallest absolute Gasteiger partial charge is 0.451 e. The number of benzene rings is 1. The van der Waals surface area contributed by atoms with Gasteiger partial charge in [-0.15, -0.1) is 0 Å². The standard InChI is InChI=1S/C19H30BN3O9/c1-19(21,18(29)22-12(8-24)9-25)10-23-6-13(7-23)32-14-3-2-11(4-5-20(30)31)16(26)15(14)17(27)28/h2-3,12-13,24-26,30-31H,4-10,21H2,1H3,(H,22,29)(H,27,28)/t19-/m1/s1. The molecule has 0 unspecified atom stereocenters. The molecular weight excluding hydrogens is 425 g/mol. The second kappa shape index (κ2) is 10.9. The Kier molecular flexibility index (Phi) is 8.84. The number of carbonyl (C=O) groups is 2. The third kappa shape index (κ3) is 6.54. The predicted octanol–water partition coefficient (Wildman–Crippen LogP) is -2.64. The fourth-order valence-electron chi connectivity index (χ4n) is 3.35. The molecule has 0 radical (unpaired) electrons. The molecule has 1 aliphatic rings. The molecule has 0 bridgehead atoms. The maximum absolute atomic E-state index is 12.3. The van der Waals surface area contributed by atoms with Crippen LogP contribution in [0.2, 0.25) is 6.32 Å². The zero-order chi connectivity index (χ0) is 24.1. The molecule has 1 atom stereocenters. The number of aromatic hydroxyl groups is 1. The van der Waals surface area contributed by atoms with Gasteiger partial charge in [0.05, 0.1) is 19.3 Å². The maximum Gasteiger partial charge on any atom is 0.451 e. The van der Waals surface area contributed by atoms with Crippen molar-refractivity contribution >= 4 is 19.0 Å². The van der Waals surface area contributed by atoms with Gasteiger partial charge in [0, 0.05) is 19.6 Å². The average Bonchev–Trinajstić information content (AvgIpc) is 2.68. The van der Waals surface area contributed by atoms with Crippen LogP contribution in [0.1, 0.15) is 22.8 Å². The van der Waals surface area contributed by atoms with Crippen molar-refractivity contribution in [2.75, 3.05) is 32.8 Å². The van der Waals surface area contributed by atoms with E-state index in [2.05, 4.69) is 5.32 Å². The number of phenols is 1. The Labute approximate surface area is 185 Å². The number of carboxylic acid groups (broad SMARTS) is 1. The summed E-state index contributed by atoms with van der Waals surface area (Å²) in [7, 11) is -1.58. The summed E-state index contributed by atoms with van der Waals surface area (Å²) >= 11 is 0. The SMILES string of the molecule is C[C@@](N)(CN1CC(Oc2ccc(CCB(O)O)c(O)c2C(=O)O)C1)C(=O)NC(CO)CO. The molecule has 9 N–H and O–H groups in total. The van der Waals surface area contributed by atoms with Gasteiger partial charge in [-0.2, -0.15) is 0 Å². The van der Waals surface area contributed by atoms with Crippen molar-refractivity contribution in [1.82, 2.24) is 10.2 Å². The van der Waals surface area contributed by atoms with E-state index in [1.54, 1.807) is 0 Å². The summed E-state index contributed by atoms with van der Waals surface area (Å²) in [5, 5.41) is 58.4. The lowest BCUT2D eigenvalue weighted by atomic mass is 9.82. The van der Waals surface area contributed by atoms with E-state index in [1.807, 2.05) is 4.90 Å². The number of amides is 1. The van der Waals surface area contributed by atoms with Gasteiger partial charge in [-0.05, 0) is 31.3 Å². The van der Waals surface area contributed by atoms with Gasteiger partial charge in [0.15, 0.2) is 0 Å². The van der Waals surface area contributed by atoms with Crippen LogP contribution in [-0.2, 0) is 11.2 Å². The normalized spacial score (nSPS) is 16.3. The van der Waals surface area contributed by atoms with Crippen molar-refractivity contribution in [1.29, 1.82) is 0 Å². The number of aliphatic hydroxyl groups excluding tert-OH is 2. The number of carbonyl (C=O) groups excluding carboxylic acids is 1. The molecule has 0 spiro atoms. The predicted molar refractivity (Wildman–Crippen MR) is 113 cm³/mol. The largest absolute Gasteiger partial charge is 0.507 e. The summed E-state index contributed by atoms with van der Waals surface area (Å²) in [5.74, 6) is -2.42. The van der Waals surface area contributed by atoms with Gasteiger partial charge in [-0.3, -0.25) is 9.69 Å². The summed E-state index contributed by atoms with van der Waals surface area (Å²) in [6.07, 6.45) is -0.377. The highest BCUT2D eigenvalue weighted by molar-refractivity contribution is 6.41. The summed E-state index contributed by atoms with van der Waals surface area (Å²) in [5.41, 5.74) is 4.63. The Morgan fingerprint density at radius 1 is 1.31 bits per heavy atom. The molecule has 0 aromatic heterocycles. The lowest BCUT2D eigenvalue weighted by molar-refractivity contribution is -0.129. The van der Waals surface area contributed by atoms with E-state index in [4.69, 9.17) is 30.7 Å². The Bertz CT molecular complexity index is 811. The molecule has 1 aromatic rings. The van der Waals surface area contributed by atoms with Crippen molar-refractivity contribution in [3.05, 3.63) is 23.3 Å². The van der Waals surface area contributed by atoms with Crippen LogP contribution in [0, 0.1) is 0 Å². The topological polar surface area (TPSA) is 206 Å². The molecule has 1 fully saturated rings. The monoisotopic (exact) mass is 455 g/mol. The van der Waals surface area contributed by atoms with Crippen LogP contribution in [0.25, 0.3) is 0 Å². The number of nitrogens with one attached hydrogen (secondary N) is 1. The molecule has 1 heterocycles. The van der Waals surface area contributed by atoms with Gasteiger partial charge in [0.1, 0.15) is 28.7 Å². The third-order valence-electron chi connectivity index (χ3n) is 5.17. The van der Waals surface area contributed by atoms with Crippen LogP contribution in [0.5, 0.6) is 11.5 Å². The fraction of sp³-hybridized carbons (Fsp3) is 0.579. The number of aliphatic hydroxyl groups is 2.